The third kappa shape index (κ3) is 7.66. The van der Waals surface area contributed by atoms with Crippen molar-refractivity contribution in [1.82, 2.24) is 10.2 Å². The van der Waals surface area contributed by atoms with E-state index in [1.165, 1.54) is 17.5 Å². The summed E-state index contributed by atoms with van der Waals surface area (Å²) in [6, 6.07) is 16.0. The van der Waals surface area contributed by atoms with E-state index in [9.17, 15) is 9.59 Å². The lowest BCUT2D eigenvalue weighted by Crippen LogP contribution is -2.50. The van der Waals surface area contributed by atoms with Crippen molar-refractivity contribution in [2.75, 3.05) is 5.75 Å². The highest BCUT2D eigenvalue weighted by molar-refractivity contribution is 9.10. The quantitative estimate of drug-likeness (QED) is 0.454. The van der Waals surface area contributed by atoms with Crippen LogP contribution in [0.4, 0.5) is 0 Å². The fourth-order valence-electron chi connectivity index (χ4n) is 4.08. The van der Waals surface area contributed by atoms with Crippen molar-refractivity contribution in [2.24, 2.45) is 0 Å². The number of carbonyl (C=O) groups is 2. The van der Waals surface area contributed by atoms with Crippen molar-refractivity contribution in [2.45, 2.75) is 70.3 Å². The average molecular weight is 518 g/mol. The first-order valence-corrected chi connectivity index (χ1v) is 13.3. The second kappa shape index (κ2) is 12.4. The predicted octanol–water partition coefficient (Wildman–Crippen LogP) is 5.86. The van der Waals surface area contributed by atoms with Crippen molar-refractivity contribution < 1.29 is 9.59 Å². The minimum Gasteiger partial charge on any atom is -0.352 e. The highest BCUT2D eigenvalue weighted by atomic mass is 79.9. The van der Waals surface area contributed by atoms with Gasteiger partial charge in [-0.1, -0.05) is 77.2 Å². The monoisotopic (exact) mass is 516 g/mol. The molecule has 172 valence electrons. The number of hydrogen-bond acceptors (Lipinski definition) is 3. The molecule has 2 aromatic carbocycles. The molecule has 0 heterocycles. The Hall–Kier alpha value is -1.79. The fraction of sp³-hybridized carbons (Fsp3) is 0.462. The molecule has 0 bridgehead atoms. The van der Waals surface area contributed by atoms with Gasteiger partial charge in [0.2, 0.25) is 11.8 Å². The van der Waals surface area contributed by atoms with Crippen LogP contribution in [-0.2, 0) is 21.9 Å². The van der Waals surface area contributed by atoms with E-state index in [1.54, 1.807) is 16.7 Å². The highest BCUT2D eigenvalue weighted by Crippen LogP contribution is 2.20. The highest BCUT2D eigenvalue weighted by Gasteiger charge is 2.28. The van der Waals surface area contributed by atoms with Crippen molar-refractivity contribution in [3.63, 3.8) is 0 Å². The number of thioether (sulfide) groups is 1. The van der Waals surface area contributed by atoms with Crippen molar-refractivity contribution >= 4 is 39.5 Å². The lowest BCUT2D eigenvalue weighted by Gasteiger charge is -2.31. The van der Waals surface area contributed by atoms with Crippen LogP contribution in [0.1, 0.15) is 55.7 Å². The van der Waals surface area contributed by atoms with Gasteiger partial charge in [-0.2, -0.15) is 0 Å². The predicted molar refractivity (Wildman–Crippen MR) is 137 cm³/mol. The summed E-state index contributed by atoms with van der Waals surface area (Å²) in [5.41, 5.74) is 3.45. The van der Waals surface area contributed by atoms with Gasteiger partial charge in [-0.3, -0.25) is 9.59 Å². The molecule has 1 saturated carbocycles. The molecule has 1 fully saturated rings. The first-order valence-electron chi connectivity index (χ1n) is 11.4. The topological polar surface area (TPSA) is 49.4 Å². The van der Waals surface area contributed by atoms with Gasteiger partial charge in [-0.15, -0.1) is 11.8 Å². The molecule has 2 amide bonds. The molecule has 4 nitrogen and oxygen atoms in total. The lowest BCUT2D eigenvalue weighted by molar-refractivity contribution is -0.139. The zero-order valence-corrected chi connectivity index (χ0v) is 21.4. The molecule has 2 aromatic rings. The van der Waals surface area contributed by atoms with Crippen LogP contribution in [0.3, 0.4) is 0 Å². The van der Waals surface area contributed by atoms with Crippen LogP contribution in [0.5, 0.6) is 0 Å². The maximum Gasteiger partial charge on any atom is 0.242 e. The summed E-state index contributed by atoms with van der Waals surface area (Å²) in [7, 11) is 0. The van der Waals surface area contributed by atoms with Crippen LogP contribution >= 0.6 is 27.7 Å². The summed E-state index contributed by atoms with van der Waals surface area (Å²) in [6.07, 6.45) is 5.64. The Balaban J connectivity index is 1.64. The summed E-state index contributed by atoms with van der Waals surface area (Å²) in [5.74, 6) is 1.08. The van der Waals surface area contributed by atoms with E-state index in [0.29, 0.717) is 12.3 Å². The number of nitrogens with zero attached hydrogens (tertiary/aromatic N) is 1. The number of hydrogen-bond donors (Lipinski definition) is 1. The van der Waals surface area contributed by atoms with Gasteiger partial charge in [0.25, 0.3) is 0 Å². The minimum atomic E-state index is -0.507. The van der Waals surface area contributed by atoms with Gasteiger partial charge in [0, 0.05) is 22.8 Å². The molecule has 1 aliphatic carbocycles. The second-order valence-electron chi connectivity index (χ2n) is 8.65. The molecule has 32 heavy (non-hydrogen) atoms. The Kier molecular flexibility index (Phi) is 9.67. The zero-order chi connectivity index (χ0) is 22.9. The maximum absolute atomic E-state index is 13.2. The van der Waals surface area contributed by atoms with Gasteiger partial charge in [-0.25, -0.2) is 0 Å². The first kappa shape index (κ1) is 24.8. The van der Waals surface area contributed by atoms with Crippen LogP contribution in [0.15, 0.2) is 53.0 Å². The van der Waals surface area contributed by atoms with E-state index in [2.05, 4.69) is 46.4 Å². The number of benzene rings is 2. The van der Waals surface area contributed by atoms with Crippen LogP contribution in [0.2, 0.25) is 0 Å². The Bertz CT molecular complexity index is 897. The van der Waals surface area contributed by atoms with Crippen molar-refractivity contribution in [3.05, 3.63) is 69.7 Å². The van der Waals surface area contributed by atoms with Gasteiger partial charge in [0.15, 0.2) is 0 Å². The number of nitrogens with one attached hydrogen (secondary N) is 1. The van der Waals surface area contributed by atoms with Gasteiger partial charge < -0.3 is 10.2 Å². The van der Waals surface area contributed by atoms with E-state index < -0.39 is 6.04 Å². The lowest BCUT2D eigenvalue weighted by atomic mass is 9.95. The molecule has 3 rings (SSSR count). The Morgan fingerprint density at radius 1 is 1.09 bits per heavy atom. The molecular formula is C26H33BrN2O2S. The zero-order valence-electron chi connectivity index (χ0n) is 19.0. The van der Waals surface area contributed by atoms with E-state index in [4.69, 9.17) is 0 Å². The summed E-state index contributed by atoms with van der Waals surface area (Å²) in [6.45, 7) is 4.35. The average Bonchev–Trinajstić information content (AvgIpc) is 2.79. The number of carbonyl (C=O) groups excluding carboxylic acids is 2. The van der Waals surface area contributed by atoms with E-state index in [0.717, 1.165) is 41.5 Å². The van der Waals surface area contributed by atoms with Gasteiger partial charge in [-0.05, 0) is 49.9 Å². The molecule has 1 atom stereocenters. The SMILES string of the molecule is Cc1cccc(CSCC(=O)N(Cc2ccc(Br)cc2)C(C)C(=O)NC2CCCCC2)c1. The third-order valence-electron chi connectivity index (χ3n) is 5.96. The second-order valence-corrected chi connectivity index (χ2v) is 10.6. The summed E-state index contributed by atoms with van der Waals surface area (Å²) in [5, 5.41) is 3.19. The third-order valence-corrected chi connectivity index (χ3v) is 7.48. The minimum absolute atomic E-state index is 0.00290. The molecule has 0 aliphatic heterocycles. The number of halogens is 1. The standard InChI is InChI=1S/C26H33BrN2O2S/c1-19-7-6-8-22(15-19)17-32-18-25(30)29(16-21-11-13-23(27)14-12-21)20(2)26(31)28-24-9-4-3-5-10-24/h6-8,11-15,20,24H,3-5,9-10,16-18H2,1-2H3,(H,28,31). The Morgan fingerprint density at radius 3 is 2.50 bits per heavy atom. The molecular weight excluding hydrogens is 484 g/mol. The molecule has 0 spiro atoms. The molecule has 0 radical (unpaired) electrons. The van der Waals surface area contributed by atoms with Crippen LogP contribution in [0.25, 0.3) is 0 Å². The molecule has 1 aliphatic rings. The van der Waals surface area contributed by atoms with Crippen LogP contribution in [-0.4, -0.2) is 34.6 Å². The van der Waals surface area contributed by atoms with E-state index in [1.807, 2.05) is 37.3 Å². The number of aryl methyl sites for hydroxylation is 1. The van der Waals surface area contributed by atoms with Crippen molar-refractivity contribution in [1.29, 1.82) is 0 Å². The maximum atomic E-state index is 13.2. The summed E-state index contributed by atoms with van der Waals surface area (Å²) < 4.78 is 0.996. The molecule has 0 aromatic heterocycles. The van der Waals surface area contributed by atoms with Crippen LogP contribution in [0, 0.1) is 6.92 Å². The fourth-order valence-corrected chi connectivity index (χ4v) is 5.20. The van der Waals surface area contributed by atoms with E-state index >= 15 is 0 Å². The number of amides is 2. The normalized spacial score (nSPS) is 15.2. The molecule has 1 N–H and O–H groups in total. The van der Waals surface area contributed by atoms with Gasteiger partial charge >= 0.3 is 0 Å². The molecule has 0 saturated heterocycles. The van der Waals surface area contributed by atoms with Crippen molar-refractivity contribution in [3.8, 4) is 0 Å². The smallest absolute Gasteiger partial charge is 0.242 e. The Morgan fingerprint density at radius 2 is 1.81 bits per heavy atom. The molecule has 6 heteroatoms. The Labute approximate surface area is 204 Å². The molecule has 1 unspecified atom stereocenters. The van der Waals surface area contributed by atoms with Gasteiger partial charge in [0.05, 0.1) is 5.75 Å². The summed E-state index contributed by atoms with van der Waals surface area (Å²) in [4.78, 5) is 28.0. The first-order chi connectivity index (χ1) is 15.4. The largest absolute Gasteiger partial charge is 0.352 e. The van der Waals surface area contributed by atoms with E-state index in [-0.39, 0.29) is 17.9 Å². The van der Waals surface area contributed by atoms with Crippen LogP contribution < -0.4 is 5.32 Å². The van der Waals surface area contributed by atoms with Gasteiger partial charge in [0.1, 0.15) is 6.04 Å². The number of rotatable bonds is 9. The summed E-state index contributed by atoms with van der Waals surface area (Å²) >= 11 is 5.06.